The van der Waals surface area contributed by atoms with Crippen molar-refractivity contribution in [2.75, 3.05) is 26.2 Å². The minimum Gasteiger partial charge on any atom is -0.314 e. The normalized spacial score (nSPS) is 26.9. The summed E-state index contributed by atoms with van der Waals surface area (Å²) < 4.78 is 1.08. The number of rotatable bonds is 2. The minimum atomic E-state index is 0.637. The second-order valence-electron chi connectivity index (χ2n) is 3.04. The van der Waals surface area contributed by atoms with Gasteiger partial charge in [-0.05, 0) is 6.92 Å². The average molecular weight is 219 g/mol. The summed E-state index contributed by atoms with van der Waals surface area (Å²) >= 11 is 3.38. The first-order chi connectivity index (χ1) is 5.20. The van der Waals surface area contributed by atoms with E-state index in [1.807, 2.05) is 0 Å². The molecule has 64 valence electrons. The molecular weight excluding hydrogens is 204 g/mol. The highest BCUT2D eigenvalue weighted by Gasteiger charge is 2.16. The molecule has 0 aliphatic carbocycles. The fourth-order valence-corrected chi connectivity index (χ4v) is 1.66. The van der Waals surface area contributed by atoms with Gasteiger partial charge in [0.2, 0.25) is 0 Å². The lowest BCUT2D eigenvalue weighted by atomic mass is 10.2. The smallest absolute Gasteiger partial charge is 0.0297 e. The average Bonchev–Trinajstić information content (AvgIpc) is 1.93. The molecule has 0 radical (unpaired) electrons. The molecule has 1 atom stereocenters. The molecule has 0 aromatic heterocycles. The quantitative estimate of drug-likeness (QED) is 0.750. The summed E-state index contributed by atoms with van der Waals surface area (Å²) in [5.41, 5.74) is 0. The van der Waals surface area contributed by atoms with Gasteiger partial charge in [-0.25, -0.2) is 0 Å². The van der Waals surface area contributed by atoms with Crippen molar-refractivity contribution in [2.24, 2.45) is 0 Å². The lowest BCUT2D eigenvalue weighted by Crippen LogP contribution is -2.49. The zero-order valence-corrected chi connectivity index (χ0v) is 8.52. The molecule has 0 aromatic carbocycles. The van der Waals surface area contributed by atoms with Gasteiger partial charge in [-0.15, -0.1) is 0 Å². The van der Waals surface area contributed by atoms with E-state index in [1.54, 1.807) is 0 Å². The highest BCUT2D eigenvalue weighted by Crippen LogP contribution is 2.08. The Balaban J connectivity index is 2.35. The van der Waals surface area contributed by atoms with Crippen molar-refractivity contribution in [3.05, 3.63) is 11.1 Å². The molecule has 0 amide bonds. The van der Waals surface area contributed by atoms with E-state index in [4.69, 9.17) is 0 Å². The van der Waals surface area contributed by atoms with Crippen molar-refractivity contribution in [1.29, 1.82) is 0 Å². The number of halogens is 1. The Labute approximate surface area is 76.8 Å². The van der Waals surface area contributed by atoms with E-state index in [-0.39, 0.29) is 0 Å². The monoisotopic (exact) mass is 218 g/mol. The molecule has 1 fully saturated rings. The van der Waals surface area contributed by atoms with Crippen LogP contribution in [0, 0.1) is 0 Å². The summed E-state index contributed by atoms with van der Waals surface area (Å²) in [5.74, 6) is 0. The van der Waals surface area contributed by atoms with Gasteiger partial charge in [-0.1, -0.05) is 22.5 Å². The highest BCUT2D eigenvalue weighted by molar-refractivity contribution is 9.11. The number of nitrogens with zero attached hydrogens (tertiary/aromatic N) is 1. The molecule has 1 aliphatic rings. The number of nitrogens with one attached hydrogen (secondary N) is 1. The van der Waals surface area contributed by atoms with Crippen molar-refractivity contribution in [3.63, 3.8) is 0 Å². The topological polar surface area (TPSA) is 15.3 Å². The Hall–Kier alpha value is 0.140. The van der Waals surface area contributed by atoms with Crippen LogP contribution in [0.25, 0.3) is 0 Å². The SMILES string of the molecule is C=C(Br)CN1CCNC[C@@H]1C. The maximum Gasteiger partial charge on any atom is 0.0297 e. The molecule has 1 saturated heterocycles. The van der Waals surface area contributed by atoms with Crippen LogP contribution in [-0.4, -0.2) is 37.1 Å². The van der Waals surface area contributed by atoms with Gasteiger partial charge in [0.25, 0.3) is 0 Å². The fraction of sp³-hybridized carbons (Fsp3) is 0.750. The molecule has 1 aliphatic heterocycles. The molecule has 0 saturated carbocycles. The lowest BCUT2D eigenvalue weighted by molar-refractivity contribution is 0.192. The maximum atomic E-state index is 3.84. The zero-order valence-electron chi connectivity index (χ0n) is 6.94. The van der Waals surface area contributed by atoms with Gasteiger partial charge in [0.15, 0.2) is 0 Å². The molecule has 1 N–H and O–H groups in total. The first-order valence-electron chi connectivity index (χ1n) is 3.98. The van der Waals surface area contributed by atoms with E-state index in [1.165, 1.54) is 0 Å². The predicted molar refractivity (Wildman–Crippen MR) is 52.0 cm³/mol. The fourth-order valence-electron chi connectivity index (χ4n) is 1.34. The molecule has 11 heavy (non-hydrogen) atoms. The predicted octanol–water partition coefficient (Wildman–Crippen LogP) is 1.19. The Morgan fingerprint density at radius 2 is 2.55 bits per heavy atom. The van der Waals surface area contributed by atoms with Crippen molar-refractivity contribution in [2.45, 2.75) is 13.0 Å². The molecule has 3 heteroatoms. The number of hydrogen-bond acceptors (Lipinski definition) is 2. The molecular formula is C8H15BrN2. The minimum absolute atomic E-state index is 0.637. The van der Waals surface area contributed by atoms with E-state index in [2.05, 4.69) is 39.6 Å². The first-order valence-corrected chi connectivity index (χ1v) is 4.77. The Kier molecular flexibility index (Phi) is 3.55. The highest BCUT2D eigenvalue weighted by atomic mass is 79.9. The van der Waals surface area contributed by atoms with Crippen LogP contribution >= 0.6 is 15.9 Å². The Morgan fingerprint density at radius 1 is 1.82 bits per heavy atom. The number of piperazine rings is 1. The summed E-state index contributed by atoms with van der Waals surface area (Å²) in [6.45, 7) is 10.4. The van der Waals surface area contributed by atoms with Gasteiger partial charge in [-0.2, -0.15) is 0 Å². The van der Waals surface area contributed by atoms with Crippen molar-refractivity contribution < 1.29 is 0 Å². The molecule has 0 bridgehead atoms. The summed E-state index contributed by atoms with van der Waals surface area (Å²) in [5, 5.41) is 3.35. The molecule has 2 nitrogen and oxygen atoms in total. The summed E-state index contributed by atoms with van der Waals surface area (Å²) in [6, 6.07) is 0.637. The van der Waals surface area contributed by atoms with Crippen LogP contribution < -0.4 is 5.32 Å². The molecule has 0 spiro atoms. The zero-order chi connectivity index (χ0) is 8.27. The summed E-state index contributed by atoms with van der Waals surface area (Å²) in [6.07, 6.45) is 0. The molecule has 1 heterocycles. The van der Waals surface area contributed by atoms with Crippen LogP contribution in [0.3, 0.4) is 0 Å². The maximum absolute atomic E-state index is 3.84. The van der Waals surface area contributed by atoms with E-state index in [0.29, 0.717) is 6.04 Å². The van der Waals surface area contributed by atoms with Gasteiger partial charge < -0.3 is 5.32 Å². The second kappa shape index (κ2) is 4.24. The van der Waals surface area contributed by atoms with Gasteiger partial charge in [0.05, 0.1) is 0 Å². The van der Waals surface area contributed by atoms with Gasteiger partial charge >= 0.3 is 0 Å². The third kappa shape index (κ3) is 2.93. The summed E-state index contributed by atoms with van der Waals surface area (Å²) in [7, 11) is 0. The van der Waals surface area contributed by atoms with Crippen molar-refractivity contribution >= 4 is 15.9 Å². The van der Waals surface area contributed by atoms with Crippen LogP contribution in [0.2, 0.25) is 0 Å². The van der Waals surface area contributed by atoms with Crippen LogP contribution in [0.1, 0.15) is 6.92 Å². The van der Waals surface area contributed by atoms with E-state index in [0.717, 1.165) is 30.7 Å². The second-order valence-corrected chi connectivity index (χ2v) is 4.16. The largest absolute Gasteiger partial charge is 0.314 e. The van der Waals surface area contributed by atoms with E-state index in [9.17, 15) is 0 Å². The van der Waals surface area contributed by atoms with Crippen LogP contribution in [0.4, 0.5) is 0 Å². The molecule has 0 aromatic rings. The first kappa shape index (κ1) is 9.23. The summed E-state index contributed by atoms with van der Waals surface area (Å²) in [4.78, 5) is 2.42. The standard InChI is InChI=1S/C8H15BrN2/c1-7(9)6-11-4-3-10-5-8(11)2/h8,10H,1,3-6H2,2H3/t8-/m0/s1. The van der Waals surface area contributed by atoms with Crippen LogP contribution in [-0.2, 0) is 0 Å². The Bertz CT molecular complexity index is 147. The number of hydrogen-bond donors (Lipinski definition) is 1. The van der Waals surface area contributed by atoms with Crippen LogP contribution in [0.15, 0.2) is 11.1 Å². The molecule has 1 rings (SSSR count). The van der Waals surface area contributed by atoms with E-state index >= 15 is 0 Å². The van der Waals surface area contributed by atoms with Gasteiger partial charge in [-0.3, -0.25) is 4.90 Å². The Morgan fingerprint density at radius 3 is 3.09 bits per heavy atom. The van der Waals surface area contributed by atoms with Gasteiger partial charge in [0.1, 0.15) is 0 Å². The van der Waals surface area contributed by atoms with Crippen molar-refractivity contribution in [3.8, 4) is 0 Å². The van der Waals surface area contributed by atoms with E-state index < -0.39 is 0 Å². The van der Waals surface area contributed by atoms with Gasteiger partial charge in [0, 0.05) is 36.7 Å². The van der Waals surface area contributed by atoms with Crippen LogP contribution in [0.5, 0.6) is 0 Å². The van der Waals surface area contributed by atoms with Crippen molar-refractivity contribution in [1.82, 2.24) is 10.2 Å². The third-order valence-electron chi connectivity index (χ3n) is 2.01. The lowest BCUT2D eigenvalue weighted by Gasteiger charge is -2.33. The third-order valence-corrected chi connectivity index (χ3v) is 2.26. The molecule has 0 unspecified atom stereocenters.